The molecular formula is C10H11FN2O2. The number of hydrogen-bond donors (Lipinski definition) is 1. The highest BCUT2D eigenvalue weighted by Gasteiger charge is 2.15. The van der Waals surface area contributed by atoms with E-state index in [2.05, 4.69) is 4.98 Å². The van der Waals surface area contributed by atoms with Gasteiger partial charge in [-0.3, -0.25) is 0 Å². The number of aromatic nitrogens is 1. The fourth-order valence-corrected chi connectivity index (χ4v) is 1.35. The van der Waals surface area contributed by atoms with Gasteiger partial charge in [-0.05, 0) is 12.1 Å². The van der Waals surface area contributed by atoms with Crippen LogP contribution in [-0.4, -0.2) is 18.6 Å². The Morgan fingerprint density at radius 3 is 3.07 bits per heavy atom. The van der Waals surface area contributed by atoms with Gasteiger partial charge in [0.25, 0.3) is 0 Å². The van der Waals surface area contributed by atoms with Crippen LogP contribution in [0.5, 0.6) is 0 Å². The third-order valence-corrected chi connectivity index (χ3v) is 2.14. The van der Waals surface area contributed by atoms with Gasteiger partial charge in [0, 0.05) is 19.7 Å². The van der Waals surface area contributed by atoms with Crippen LogP contribution in [0.25, 0.3) is 11.1 Å². The van der Waals surface area contributed by atoms with Gasteiger partial charge in [0.1, 0.15) is 17.4 Å². The SMILES string of the molecule is COC(CN)c1nc2ccc(F)cc2o1. The highest BCUT2D eigenvalue weighted by Crippen LogP contribution is 2.21. The lowest BCUT2D eigenvalue weighted by Gasteiger charge is -2.06. The van der Waals surface area contributed by atoms with E-state index in [1.165, 1.54) is 19.2 Å². The first-order valence-corrected chi connectivity index (χ1v) is 4.53. The zero-order chi connectivity index (χ0) is 10.8. The number of halogens is 1. The third kappa shape index (κ3) is 1.84. The summed E-state index contributed by atoms with van der Waals surface area (Å²) in [5.41, 5.74) is 6.47. The van der Waals surface area contributed by atoms with Crippen LogP contribution in [0.3, 0.4) is 0 Å². The van der Waals surface area contributed by atoms with Crippen molar-refractivity contribution < 1.29 is 13.5 Å². The Labute approximate surface area is 85.8 Å². The summed E-state index contributed by atoms with van der Waals surface area (Å²) in [5, 5.41) is 0. The van der Waals surface area contributed by atoms with Gasteiger partial charge >= 0.3 is 0 Å². The number of methoxy groups -OCH3 is 1. The van der Waals surface area contributed by atoms with Gasteiger partial charge in [0.05, 0.1) is 0 Å². The summed E-state index contributed by atoms with van der Waals surface area (Å²) in [6.45, 7) is 0.270. The van der Waals surface area contributed by atoms with Crippen molar-refractivity contribution in [2.24, 2.45) is 5.73 Å². The van der Waals surface area contributed by atoms with Crippen LogP contribution in [0.15, 0.2) is 22.6 Å². The minimum Gasteiger partial charge on any atom is -0.438 e. The standard InChI is InChI=1S/C10H11FN2O2/c1-14-9(5-12)10-13-7-3-2-6(11)4-8(7)15-10/h2-4,9H,5,12H2,1H3. The van der Waals surface area contributed by atoms with E-state index in [9.17, 15) is 4.39 Å². The Balaban J connectivity index is 2.46. The van der Waals surface area contributed by atoms with Gasteiger partial charge < -0.3 is 14.9 Å². The molecule has 0 amide bonds. The van der Waals surface area contributed by atoms with E-state index in [1.54, 1.807) is 6.07 Å². The van der Waals surface area contributed by atoms with Crippen LogP contribution in [-0.2, 0) is 4.74 Å². The van der Waals surface area contributed by atoms with Crippen LogP contribution in [0.4, 0.5) is 4.39 Å². The number of nitrogens with two attached hydrogens (primary N) is 1. The number of hydrogen-bond acceptors (Lipinski definition) is 4. The first kappa shape index (κ1) is 10.1. The van der Waals surface area contributed by atoms with Gasteiger partial charge in [-0.2, -0.15) is 0 Å². The topological polar surface area (TPSA) is 61.3 Å². The number of rotatable bonds is 3. The molecule has 0 fully saturated rings. The zero-order valence-electron chi connectivity index (χ0n) is 8.24. The molecule has 1 aromatic carbocycles. The van der Waals surface area contributed by atoms with Crippen molar-refractivity contribution in [2.45, 2.75) is 6.10 Å². The summed E-state index contributed by atoms with van der Waals surface area (Å²) in [6.07, 6.45) is -0.388. The van der Waals surface area contributed by atoms with Crippen LogP contribution < -0.4 is 5.73 Å². The fraction of sp³-hybridized carbons (Fsp3) is 0.300. The molecule has 2 rings (SSSR count). The average Bonchev–Trinajstić information content (AvgIpc) is 2.62. The molecule has 1 aromatic heterocycles. The van der Waals surface area contributed by atoms with Crippen LogP contribution >= 0.6 is 0 Å². The molecule has 5 heteroatoms. The molecule has 1 heterocycles. The molecule has 0 aliphatic heterocycles. The third-order valence-electron chi connectivity index (χ3n) is 2.14. The number of nitrogens with zero attached hydrogens (tertiary/aromatic N) is 1. The molecule has 15 heavy (non-hydrogen) atoms. The number of fused-ring (bicyclic) bond motifs is 1. The smallest absolute Gasteiger partial charge is 0.225 e. The Kier molecular flexibility index (Phi) is 2.66. The second-order valence-corrected chi connectivity index (χ2v) is 3.12. The maximum Gasteiger partial charge on any atom is 0.225 e. The second-order valence-electron chi connectivity index (χ2n) is 3.12. The van der Waals surface area contributed by atoms with E-state index in [0.717, 1.165) is 0 Å². The number of ether oxygens (including phenoxy) is 1. The van der Waals surface area contributed by atoms with E-state index in [1.807, 2.05) is 0 Å². The average molecular weight is 210 g/mol. The number of oxazole rings is 1. The number of benzene rings is 1. The van der Waals surface area contributed by atoms with Crippen molar-refractivity contribution in [1.29, 1.82) is 0 Å². The highest BCUT2D eigenvalue weighted by molar-refractivity contribution is 5.72. The van der Waals surface area contributed by atoms with Crippen molar-refractivity contribution >= 4 is 11.1 Å². The van der Waals surface area contributed by atoms with Gasteiger partial charge in [0.15, 0.2) is 5.58 Å². The maximum absolute atomic E-state index is 12.9. The highest BCUT2D eigenvalue weighted by atomic mass is 19.1. The molecule has 2 aromatic rings. The molecule has 4 nitrogen and oxygen atoms in total. The lowest BCUT2D eigenvalue weighted by molar-refractivity contribution is 0.0878. The van der Waals surface area contributed by atoms with Crippen molar-refractivity contribution in [3.63, 3.8) is 0 Å². The van der Waals surface area contributed by atoms with E-state index in [-0.39, 0.29) is 18.5 Å². The molecule has 80 valence electrons. The Hall–Kier alpha value is -1.46. The molecule has 1 unspecified atom stereocenters. The summed E-state index contributed by atoms with van der Waals surface area (Å²) in [4.78, 5) is 4.16. The molecule has 0 radical (unpaired) electrons. The van der Waals surface area contributed by atoms with E-state index >= 15 is 0 Å². The second kappa shape index (κ2) is 3.96. The quantitative estimate of drug-likeness (QED) is 0.836. The molecule has 0 spiro atoms. The zero-order valence-corrected chi connectivity index (χ0v) is 8.24. The van der Waals surface area contributed by atoms with E-state index in [4.69, 9.17) is 14.9 Å². The molecule has 0 aliphatic carbocycles. The normalized spacial score (nSPS) is 13.3. The monoisotopic (exact) mass is 210 g/mol. The van der Waals surface area contributed by atoms with Gasteiger partial charge in [0.2, 0.25) is 5.89 Å². The summed E-state index contributed by atoms with van der Waals surface area (Å²) in [6, 6.07) is 4.18. The predicted octanol–water partition coefficient (Wildman–Crippen LogP) is 1.61. The van der Waals surface area contributed by atoms with Gasteiger partial charge in [-0.15, -0.1) is 0 Å². The van der Waals surface area contributed by atoms with Crippen LogP contribution in [0.1, 0.15) is 12.0 Å². The summed E-state index contributed by atoms with van der Waals surface area (Å²) in [5.74, 6) is 0.0208. The Bertz CT molecular complexity index is 465. The van der Waals surface area contributed by atoms with Crippen molar-refractivity contribution in [3.05, 3.63) is 29.9 Å². The molecule has 0 aliphatic rings. The molecule has 0 saturated carbocycles. The molecule has 1 atom stereocenters. The lowest BCUT2D eigenvalue weighted by atomic mass is 10.3. The first-order chi connectivity index (χ1) is 7.24. The Morgan fingerprint density at radius 1 is 1.60 bits per heavy atom. The maximum atomic E-state index is 12.9. The molecule has 0 saturated heterocycles. The predicted molar refractivity (Wildman–Crippen MR) is 52.8 cm³/mol. The van der Waals surface area contributed by atoms with E-state index in [0.29, 0.717) is 17.0 Å². The van der Waals surface area contributed by atoms with Crippen molar-refractivity contribution in [2.75, 3.05) is 13.7 Å². The lowest BCUT2D eigenvalue weighted by Crippen LogP contribution is -2.14. The van der Waals surface area contributed by atoms with Crippen molar-refractivity contribution in [3.8, 4) is 0 Å². The molecule has 0 bridgehead atoms. The van der Waals surface area contributed by atoms with Gasteiger partial charge in [-0.25, -0.2) is 9.37 Å². The van der Waals surface area contributed by atoms with Crippen LogP contribution in [0, 0.1) is 5.82 Å². The Morgan fingerprint density at radius 2 is 2.40 bits per heavy atom. The molecular weight excluding hydrogens is 199 g/mol. The fourth-order valence-electron chi connectivity index (χ4n) is 1.35. The summed E-state index contributed by atoms with van der Waals surface area (Å²) < 4.78 is 23.3. The first-order valence-electron chi connectivity index (χ1n) is 4.53. The minimum atomic E-state index is -0.388. The van der Waals surface area contributed by atoms with Crippen LogP contribution in [0.2, 0.25) is 0 Å². The largest absolute Gasteiger partial charge is 0.438 e. The summed E-state index contributed by atoms with van der Waals surface area (Å²) in [7, 11) is 1.52. The minimum absolute atomic E-state index is 0.270. The van der Waals surface area contributed by atoms with Gasteiger partial charge in [-0.1, -0.05) is 0 Å². The van der Waals surface area contributed by atoms with Crippen molar-refractivity contribution in [1.82, 2.24) is 4.98 Å². The molecule has 2 N–H and O–H groups in total. The van der Waals surface area contributed by atoms with E-state index < -0.39 is 0 Å². The summed E-state index contributed by atoms with van der Waals surface area (Å²) >= 11 is 0.